The summed E-state index contributed by atoms with van der Waals surface area (Å²) < 4.78 is 0. The molecule has 0 bridgehead atoms. The van der Waals surface area contributed by atoms with Crippen LogP contribution in [0.1, 0.15) is 54.9 Å². The third kappa shape index (κ3) is 5.54. The number of aliphatic hydroxyl groups is 2. The molecule has 5 nitrogen and oxygen atoms in total. The molecule has 1 aromatic heterocycles. The normalized spacial score (nSPS) is 11.2. The van der Waals surface area contributed by atoms with Crippen molar-refractivity contribution in [1.82, 2.24) is 9.97 Å². The molecule has 0 fully saturated rings. The number of halogens is 1. The molecule has 0 atom stereocenters. The maximum absolute atomic E-state index is 12.9. The molecule has 0 aliphatic heterocycles. The maximum Gasteiger partial charge on any atom is 0.254 e. The van der Waals surface area contributed by atoms with Gasteiger partial charge in [-0.25, -0.2) is 4.98 Å². The van der Waals surface area contributed by atoms with Crippen molar-refractivity contribution in [3.63, 3.8) is 0 Å². The van der Waals surface area contributed by atoms with Gasteiger partial charge in [-0.05, 0) is 42.7 Å². The van der Waals surface area contributed by atoms with Gasteiger partial charge in [-0.15, -0.1) is 0 Å². The van der Waals surface area contributed by atoms with E-state index in [0.29, 0.717) is 28.4 Å². The minimum Gasteiger partial charge on any atom is -0.364 e. The number of H-pyrrole nitrogens is 1. The Labute approximate surface area is 175 Å². The van der Waals surface area contributed by atoms with E-state index in [-0.39, 0.29) is 5.56 Å². The first-order valence-corrected chi connectivity index (χ1v) is 10.2. The minimum atomic E-state index is -1.54. The molecule has 0 radical (unpaired) electrons. The van der Waals surface area contributed by atoms with Crippen LogP contribution in [-0.2, 0) is 12.8 Å². The Bertz CT molecular complexity index is 1010. The molecular weight excluding hydrogens is 388 g/mol. The zero-order valence-corrected chi connectivity index (χ0v) is 17.1. The first-order chi connectivity index (χ1) is 14.0. The van der Waals surface area contributed by atoms with Crippen LogP contribution < -0.4 is 5.56 Å². The van der Waals surface area contributed by atoms with Gasteiger partial charge in [-0.2, -0.15) is 0 Å². The van der Waals surface area contributed by atoms with Crippen LogP contribution in [0.25, 0.3) is 11.4 Å². The standard InChI is InChI=1S/C23H25ClN2O3/c1-2-3-4-8-20-19(14-15-6-5-7-17(13-15)23(28)29)22(27)26-21(25-20)16-9-11-18(24)12-10-16/h5-7,9-13,23,28-29H,2-4,8,14H2,1H3,(H,25,26,27). The number of hydrogen-bond donors (Lipinski definition) is 3. The van der Waals surface area contributed by atoms with E-state index in [1.807, 2.05) is 18.2 Å². The van der Waals surface area contributed by atoms with Crippen LogP contribution in [0.5, 0.6) is 0 Å². The van der Waals surface area contributed by atoms with Crippen molar-refractivity contribution in [2.24, 2.45) is 0 Å². The SMILES string of the molecule is CCCCCc1nc(-c2ccc(Cl)cc2)[nH]c(=O)c1Cc1cccc(C(O)O)c1. The summed E-state index contributed by atoms with van der Waals surface area (Å²) in [4.78, 5) is 20.6. The van der Waals surface area contributed by atoms with Gasteiger partial charge in [0.1, 0.15) is 5.82 Å². The Morgan fingerprint density at radius 3 is 2.55 bits per heavy atom. The lowest BCUT2D eigenvalue weighted by Gasteiger charge is -2.12. The van der Waals surface area contributed by atoms with Crippen LogP contribution in [0, 0.1) is 0 Å². The number of hydrogen-bond acceptors (Lipinski definition) is 4. The average Bonchev–Trinajstić information content (AvgIpc) is 2.71. The van der Waals surface area contributed by atoms with Crippen LogP contribution in [0.2, 0.25) is 5.02 Å². The van der Waals surface area contributed by atoms with Crippen molar-refractivity contribution in [2.45, 2.75) is 45.3 Å². The summed E-state index contributed by atoms with van der Waals surface area (Å²) in [6.07, 6.45) is 2.66. The third-order valence-electron chi connectivity index (χ3n) is 4.87. The Hall–Kier alpha value is -2.47. The lowest BCUT2D eigenvalue weighted by Crippen LogP contribution is -2.19. The first kappa shape index (κ1) is 21.2. The van der Waals surface area contributed by atoms with E-state index in [9.17, 15) is 15.0 Å². The van der Waals surface area contributed by atoms with E-state index in [1.165, 1.54) is 0 Å². The number of nitrogens with zero attached hydrogens (tertiary/aromatic N) is 1. The van der Waals surface area contributed by atoms with Gasteiger partial charge in [0.2, 0.25) is 0 Å². The molecule has 1 heterocycles. The summed E-state index contributed by atoms with van der Waals surface area (Å²) in [6, 6.07) is 14.2. The van der Waals surface area contributed by atoms with Crippen molar-refractivity contribution in [1.29, 1.82) is 0 Å². The fourth-order valence-corrected chi connectivity index (χ4v) is 3.41. The van der Waals surface area contributed by atoms with Crippen molar-refractivity contribution >= 4 is 11.6 Å². The summed E-state index contributed by atoms with van der Waals surface area (Å²) >= 11 is 5.97. The van der Waals surface area contributed by atoms with Crippen molar-refractivity contribution in [3.05, 3.63) is 86.3 Å². The number of aliphatic hydroxyl groups excluding tert-OH is 1. The Kier molecular flexibility index (Phi) is 7.20. The quantitative estimate of drug-likeness (QED) is 0.378. The molecule has 6 heteroatoms. The molecule has 0 amide bonds. The highest BCUT2D eigenvalue weighted by Crippen LogP contribution is 2.21. The van der Waals surface area contributed by atoms with Crippen LogP contribution in [0.4, 0.5) is 0 Å². The van der Waals surface area contributed by atoms with Gasteiger partial charge in [-0.1, -0.05) is 55.6 Å². The average molecular weight is 413 g/mol. The van der Waals surface area contributed by atoms with Crippen LogP contribution in [-0.4, -0.2) is 20.2 Å². The summed E-state index contributed by atoms with van der Waals surface area (Å²) in [5, 5.41) is 19.5. The van der Waals surface area contributed by atoms with Crippen molar-refractivity contribution < 1.29 is 10.2 Å². The van der Waals surface area contributed by atoms with Crippen molar-refractivity contribution in [3.8, 4) is 11.4 Å². The van der Waals surface area contributed by atoms with Crippen LogP contribution >= 0.6 is 11.6 Å². The molecule has 152 valence electrons. The number of rotatable bonds is 8. The second-order valence-electron chi connectivity index (χ2n) is 7.10. The van der Waals surface area contributed by atoms with E-state index in [0.717, 1.165) is 42.5 Å². The molecule has 3 N–H and O–H groups in total. The number of benzene rings is 2. The monoisotopic (exact) mass is 412 g/mol. The molecule has 0 aliphatic rings. The molecule has 0 aliphatic carbocycles. The zero-order valence-electron chi connectivity index (χ0n) is 16.4. The Morgan fingerprint density at radius 1 is 1.10 bits per heavy atom. The fourth-order valence-electron chi connectivity index (χ4n) is 3.29. The third-order valence-corrected chi connectivity index (χ3v) is 5.12. The summed E-state index contributed by atoms with van der Waals surface area (Å²) in [7, 11) is 0. The van der Waals surface area contributed by atoms with E-state index >= 15 is 0 Å². The van der Waals surface area contributed by atoms with Gasteiger partial charge in [0, 0.05) is 28.1 Å². The van der Waals surface area contributed by atoms with E-state index in [1.54, 1.807) is 30.3 Å². The highest BCUT2D eigenvalue weighted by Gasteiger charge is 2.14. The predicted octanol–water partition coefficient (Wildman–Crippen LogP) is 4.40. The zero-order chi connectivity index (χ0) is 20.8. The molecular formula is C23H25ClN2O3. The maximum atomic E-state index is 12.9. The number of unbranched alkanes of at least 4 members (excludes halogenated alkanes) is 2. The second-order valence-corrected chi connectivity index (χ2v) is 7.54. The van der Waals surface area contributed by atoms with Crippen LogP contribution in [0.3, 0.4) is 0 Å². The van der Waals surface area contributed by atoms with Gasteiger partial charge < -0.3 is 15.2 Å². The summed E-state index contributed by atoms with van der Waals surface area (Å²) in [6.45, 7) is 2.14. The predicted molar refractivity (Wildman–Crippen MR) is 115 cm³/mol. The molecule has 0 saturated heterocycles. The number of aromatic amines is 1. The van der Waals surface area contributed by atoms with E-state index in [4.69, 9.17) is 16.6 Å². The largest absolute Gasteiger partial charge is 0.364 e. The summed E-state index contributed by atoms with van der Waals surface area (Å²) in [5.41, 5.74) is 3.26. The molecule has 29 heavy (non-hydrogen) atoms. The lowest BCUT2D eigenvalue weighted by atomic mass is 9.99. The lowest BCUT2D eigenvalue weighted by molar-refractivity contribution is -0.0425. The van der Waals surface area contributed by atoms with Gasteiger partial charge in [0.25, 0.3) is 5.56 Å². The molecule has 2 aromatic carbocycles. The smallest absolute Gasteiger partial charge is 0.254 e. The molecule has 0 spiro atoms. The van der Waals surface area contributed by atoms with Gasteiger partial charge in [0.05, 0.1) is 5.69 Å². The van der Waals surface area contributed by atoms with Gasteiger partial charge in [-0.3, -0.25) is 4.79 Å². The number of nitrogens with one attached hydrogen (secondary N) is 1. The molecule has 0 unspecified atom stereocenters. The second kappa shape index (κ2) is 9.83. The van der Waals surface area contributed by atoms with E-state index in [2.05, 4.69) is 11.9 Å². The molecule has 3 aromatic rings. The number of aromatic nitrogens is 2. The minimum absolute atomic E-state index is 0.175. The highest BCUT2D eigenvalue weighted by atomic mass is 35.5. The van der Waals surface area contributed by atoms with Crippen LogP contribution in [0.15, 0.2) is 53.3 Å². The Morgan fingerprint density at radius 2 is 1.86 bits per heavy atom. The summed E-state index contributed by atoms with van der Waals surface area (Å²) in [5.74, 6) is 0.529. The van der Waals surface area contributed by atoms with Crippen molar-refractivity contribution in [2.75, 3.05) is 0 Å². The molecule has 3 rings (SSSR count). The first-order valence-electron chi connectivity index (χ1n) is 9.81. The van der Waals surface area contributed by atoms with Gasteiger partial charge in [0.15, 0.2) is 6.29 Å². The topological polar surface area (TPSA) is 86.2 Å². The number of aryl methyl sites for hydroxylation is 1. The fraction of sp³-hybridized carbons (Fsp3) is 0.304. The van der Waals surface area contributed by atoms with E-state index < -0.39 is 6.29 Å². The van der Waals surface area contributed by atoms with Gasteiger partial charge >= 0.3 is 0 Å². The Balaban J connectivity index is 1.99. The molecule has 0 saturated carbocycles. The highest BCUT2D eigenvalue weighted by molar-refractivity contribution is 6.30.